The van der Waals surface area contributed by atoms with Gasteiger partial charge in [-0.05, 0) is 49.4 Å². The lowest BCUT2D eigenvalue weighted by Gasteiger charge is -2.55. The van der Waals surface area contributed by atoms with Crippen molar-refractivity contribution in [2.75, 3.05) is 0 Å². The SMILES string of the molecule is O=C(O)[C@@H]1[C@H]2C[C@H]3C[C@@H](C2)[C@H](O)[C@H]1C3. The number of carbonyl (C=O) groups is 1. The minimum Gasteiger partial charge on any atom is -0.481 e. The molecule has 0 unspecified atom stereocenters. The van der Waals surface area contributed by atoms with E-state index in [-0.39, 0.29) is 17.9 Å². The first kappa shape index (κ1) is 8.72. The average Bonchev–Trinajstić information content (AvgIpc) is 2.12. The number of aliphatic hydroxyl groups excluding tert-OH is 1. The Bertz CT molecular complexity index is 276. The van der Waals surface area contributed by atoms with Crippen LogP contribution in [0, 0.1) is 29.6 Å². The van der Waals surface area contributed by atoms with Crippen molar-refractivity contribution in [1.82, 2.24) is 0 Å². The molecule has 6 atom stereocenters. The summed E-state index contributed by atoms with van der Waals surface area (Å²) < 4.78 is 0. The highest BCUT2D eigenvalue weighted by Crippen LogP contribution is 2.56. The van der Waals surface area contributed by atoms with Gasteiger partial charge in [0.1, 0.15) is 0 Å². The zero-order valence-electron chi connectivity index (χ0n) is 8.10. The van der Waals surface area contributed by atoms with E-state index in [1.165, 1.54) is 0 Å². The van der Waals surface area contributed by atoms with E-state index in [1.807, 2.05) is 0 Å². The Labute approximate surface area is 83.1 Å². The van der Waals surface area contributed by atoms with Gasteiger partial charge in [0.2, 0.25) is 0 Å². The number of rotatable bonds is 1. The van der Waals surface area contributed by atoms with Crippen LogP contribution < -0.4 is 0 Å². The molecule has 0 aromatic rings. The van der Waals surface area contributed by atoms with E-state index in [4.69, 9.17) is 5.11 Å². The van der Waals surface area contributed by atoms with Gasteiger partial charge in [0.15, 0.2) is 0 Å². The molecule has 0 spiro atoms. The van der Waals surface area contributed by atoms with Crippen LogP contribution in [0.5, 0.6) is 0 Å². The van der Waals surface area contributed by atoms with Gasteiger partial charge in [-0.1, -0.05) is 0 Å². The Balaban J connectivity index is 1.93. The summed E-state index contributed by atoms with van der Waals surface area (Å²) in [6, 6.07) is 0. The van der Waals surface area contributed by atoms with Crippen molar-refractivity contribution in [3.05, 3.63) is 0 Å². The van der Waals surface area contributed by atoms with Crippen LogP contribution in [0.2, 0.25) is 0 Å². The maximum atomic E-state index is 11.1. The summed E-state index contributed by atoms with van der Waals surface area (Å²) in [6.07, 6.45) is 3.80. The minimum absolute atomic E-state index is 0.0590. The lowest BCUT2D eigenvalue weighted by atomic mass is 9.50. The van der Waals surface area contributed by atoms with Gasteiger partial charge < -0.3 is 10.2 Å². The molecule has 4 aliphatic carbocycles. The Morgan fingerprint density at radius 3 is 2.50 bits per heavy atom. The average molecular weight is 196 g/mol. The van der Waals surface area contributed by atoms with Gasteiger partial charge in [-0.15, -0.1) is 0 Å². The molecule has 4 fully saturated rings. The van der Waals surface area contributed by atoms with Gasteiger partial charge in [-0.25, -0.2) is 0 Å². The monoisotopic (exact) mass is 196 g/mol. The first-order chi connectivity index (χ1) is 6.66. The molecule has 14 heavy (non-hydrogen) atoms. The van der Waals surface area contributed by atoms with Gasteiger partial charge in [0, 0.05) is 0 Å². The van der Waals surface area contributed by atoms with Crippen LogP contribution in [0.1, 0.15) is 25.7 Å². The van der Waals surface area contributed by atoms with Gasteiger partial charge in [-0.2, -0.15) is 0 Å². The fourth-order valence-electron chi connectivity index (χ4n) is 4.27. The molecule has 3 heteroatoms. The van der Waals surface area contributed by atoms with Crippen LogP contribution in [0.4, 0.5) is 0 Å². The van der Waals surface area contributed by atoms with Crippen LogP contribution in [0.25, 0.3) is 0 Å². The van der Waals surface area contributed by atoms with E-state index in [0.29, 0.717) is 17.8 Å². The van der Waals surface area contributed by atoms with E-state index in [9.17, 15) is 9.90 Å². The summed E-state index contributed by atoms with van der Waals surface area (Å²) in [6.45, 7) is 0. The van der Waals surface area contributed by atoms with Crippen molar-refractivity contribution in [3.8, 4) is 0 Å². The van der Waals surface area contributed by atoms with Gasteiger partial charge in [0.05, 0.1) is 12.0 Å². The van der Waals surface area contributed by atoms with Crippen molar-refractivity contribution in [2.24, 2.45) is 29.6 Å². The maximum Gasteiger partial charge on any atom is 0.307 e. The number of carboxylic acids is 1. The van der Waals surface area contributed by atoms with E-state index < -0.39 is 5.97 Å². The summed E-state index contributed by atoms with van der Waals surface area (Å²) in [5.74, 6) is 0.605. The van der Waals surface area contributed by atoms with Crippen LogP contribution in [0.3, 0.4) is 0 Å². The largest absolute Gasteiger partial charge is 0.481 e. The number of carboxylic acid groups (broad SMARTS) is 1. The standard InChI is InChI=1S/C11H16O3/c12-10-7-2-5-1-6(4-7)9(11(13)14)8(10)3-5/h5-10,12H,1-4H2,(H,13,14)/t5-,6-,7-,8-,9+,10-/m0/s1. The van der Waals surface area contributed by atoms with E-state index in [0.717, 1.165) is 25.7 Å². The molecule has 0 radical (unpaired) electrons. The van der Waals surface area contributed by atoms with Crippen LogP contribution in [0.15, 0.2) is 0 Å². The second-order valence-electron chi connectivity index (χ2n) is 5.35. The number of hydrogen-bond donors (Lipinski definition) is 2. The lowest BCUT2D eigenvalue weighted by Crippen LogP contribution is -2.55. The highest BCUT2D eigenvalue weighted by molar-refractivity contribution is 5.71. The predicted molar refractivity (Wildman–Crippen MR) is 49.6 cm³/mol. The Morgan fingerprint density at radius 1 is 1.07 bits per heavy atom. The Hall–Kier alpha value is -0.570. The van der Waals surface area contributed by atoms with Crippen molar-refractivity contribution < 1.29 is 15.0 Å². The molecule has 4 rings (SSSR count). The molecule has 0 aromatic heterocycles. The molecule has 0 heterocycles. The molecule has 2 N–H and O–H groups in total. The van der Waals surface area contributed by atoms with Crippen molar-refractivity contribution in [1.29, 1.82) is 0 Å². The van der Waals surface area contributed by atoms with Gasteiger partial charge >= 0.3 is 5.97 Å². The van der Waals surface area contributed by atoms with Gasteiger partial charge in [0.25, 0.3) is 0 Å². The maximum absolute atomic E-state index is 11.1. The molecular formula is C11H16O3. The summed E-state index contributed by atoms with van der Waals surface area (Å²) >= 11 is 0. The minimum atomic E-state index is -0.683. The highest BCUT2D eigenvalue weighted by Gasteiger charge is 2.55. The second-order valence-corrected chi connectivity index (χ2v) is 5.35. The van der Waals surface area contributed by atoms with E-state index >= 15 is 0 Å². The fraction of sp³-hybridized carbons (Fsp3) is 0.909. The summed E-state index contributed by atoms with van der Waals surface area (Å²) in [7, 11) is 0. The van der Waals surface area contributed by atoms with Gasteiger partial charge in [-0.3, -0.25) is 4.79 Å². The van der Waals surface area contributed by atoms with E-state index in [2.05, 4.69) is 0 Å². The molecular weight excluding hydrogens is 180 g/mol. The van der Waals surface area contributed by atoms with Crippen LogP contribution in [-0.4, -0.2) is 22.3 Å². The van der Waals surface area contributed by atoms with Crippen molar-refractivity contribution in [3.63, 3.8) is 0 Å². The Morgan fingerprint density at radius 2 is 1.79 bits per heavy atom. The fourth-order valence-corrected chi connectivity index (χ4v) is 4.27. The second kappa shape index (κ2) is 2.72. The quantitative estimate of drug-likeness (QED) is 0.660. The molecule has 0 saturated heterocycles. The number of aliphatic carboxylic acids is 1. The van der Waals surface area contributed by atoms with Crippen molar-refractivity contribution >= 4 is 5.97 Å². The zero-order chi connectivity index (χ0) is 9.87. The number of aliphatic hydroxyl groups is 1. The predicted octanol–water partition coefficient (Wildman–Crippen LogP) is 1.11. The third-order valence-corrected chi connectivity index (χ3v) is 4.66. The van der Waals surface area contributed by atoms with E-state index in [1.54, 1.807) is 0 Å². The lowest BCUT2D eigenvalue weighted by molar-refractivity contribution is -0.171. The van der Waals surface area contributed by atoms with Crippen LogP contribution >= 0.6 is 0 Å². The van der Waals surface area contributed by atoms with Crippen LogP contribution in [-0.2, 0) is 4.79 Å². The zero-order valence-corrected chi connectivity index (χ0v) is 8.10. The topological polar surface area (TPSA) is 57.5 Å². The molecule has 4 bridgehead atoms. The normalized spacial score (nSPS) is 54.9. The third kappa shape index (κ3) is 0.991. The third-order valence-electron chi connectivity index (χ3n) is 4.66. The first-order valence-corrected chi connectivity index (χ1v) is 5.57. The van der Waals surface area contributed by atoms with Crippen molar-refractivity contribution in [2.45, 2.75) is 31.8 Å². The molecule has 4 aliphatic rings. The molecule has 0 aromatic carbocycles. The Kier molecular flexibility index (Phi) is 1.69. The molecule has 78 valence electrons. The molecule has 3 nitrogen and oxygen atoms in total. The molecule has 0 aliphatic heterocycles. The highest BCUT2D eigenvalue weighted by atomic mass is 16.4. The first-order valence-electron chi connectivity index (χ1n) is 5.57. The molecule has 0 amide bonds. The molecule has 4 saturated carbocycles. The summed E-state index contributed by atoms with van der Waals surface area (Å²) in [5.41, 5.74) is 0. The summed E-state index contributed by atoms with van der Waals surface area (Å²) in [4.78, 5) is 11.1. The summed E-state index contributed by atoms with van der Waals surface area (Å²) in [5, 5.41) is 19.1. The smallest absolute Gasteiger partial charge is 0.307 e. The number of hydrogen-bond acceptors (Lipinski definition) is 2.